The Bertz CT molecular complexity index is 680. The van der Waals surface area contributed by atoms with Crippen LogP contribution in [0.3, 0.4) is 0 Å². The molecule has 0 fully saturated rings. The van der Waals surface area contributed by atoms with Crippen molar-refractivity contribution in [3.63, 3.8) is 0 Å². The van der Waals surface area contributed by atoms with Crippen LogP contribution < -0.4 is 4.74 Å². The van der Waals surface area contributed by atoms with Gasteiger partial charge in [-0.3, -0.25) is 4.68 Å². The third-order valence-electron chi connectivity index (χ3n) is 2.97. The fourth-order valence-electron chi connectivity index (χ4n) is 1.94. The molecule has 1 N–H and O–H groups in total. The summed E-state index contributed by atoms with van der Waals surface area (Å²) in [6, 6.07) is 4.40. The number of alkyl halides is 3. The molecule has 0 aliphatic heterocycles. The molecule has 0 amide bonds. The molecule has 0 unspecified atom stereocenters. The number of carboxylic acid groups (broad SMARTS) is 1. The van der Waals surface area contributed by atoms with E-state index in [2.05, 4.69) is 5.10 Å². The summed E-state index contributed by atoms with van der Waals surface area (Å²) in [7, 11) is 0. The second-order valence-corrected chi connectivity index (χ2v) is 4.45. The molecule has 0 saturated heterocycles. The van der Waals surface area contributed by atoms with E-state index >= 15 is 0 Å². The van der Waals surface area contributed by atoms with Crippen LogP contribution in [0.1, 0.15) is 28.5 Å². The molecular formula is C14H13F3N2O3. The first kappa shape index (κ1) is 15.9. The van der Waals surface area contributed by atoms with Crippen molar-refractivity contribution in [3.8, 4) is 5.75 Å². The third-order valence-corrected chi connectivity index (χ3v) is 2.97. The molecular weight excluding hydrogens is 301 g/mol. The number of benzene rings is 1. The van der Waals surface area contributed by atoms with Crippen LogP contribution in [0.25, 0.3) is 0 Å². The van der Waals surface area contributed by atoms with Gasteiger partial charge in [-0.25, -0.2) is 4.79 Å². The molecule has 1 aromatic heterocycles. The number of halogens is 3. The van der Waals surface area contributed by atoms with Gasteiger partial charge < -0.3 is 9.84 Å². The van der Waals surface area contributed by atoms with Crippen molar-refractivity contribution in [1.82, 2.24) is 9.78 Å². The van der Waals surface area contributed by atoms with Crippen molar-refractivity contribution in [1.29, 1.82) is 0 Å². The highest BCUT2D eigenvalue weighted by Crippen LogP contribution is 2.31. The molecule has 2 rings (SSSR count). The van der Waals surface area contributed by atoms with Crippen molar-refractivity contribution >= 4 is 5.97 Å². The van der Waals surface area contributed by atoms with Gasteiger partial charge >= 0.3 is 12.1 Å². The smallest absolute Gasteiger partial charge is 0.416 e. The van der Waals surface area contributed by atoms with Crippen molar-refractivity contribution in [2.45, 2.75) is 26.3 Å². The summed E-state index contributed by atoms with van der Waals surface area (Å²) in [6.45, 7) is 1.92. The number of aryl methyl sites for hydroxylation is 1. The van der Waals surface area contributed by atoms with Crippen LogP contribution in [-0.2, 0) is 19.3 Å². The van der Waals surface area contributed by atoms with Gasteiger partial charge in [0.15, 0.2) is 5.69 Å². The first-order valence-electron chi connectivity index (χ1n) is 6.41. The van der Waals surface area contributed by atoms with E-state index in [0.717, 1.165) is 12.1 Å². The number of rotatable bonds is 5. The average Bonchev–Trinajstić information content (AvgIpc) is 2.87. The monoisotopic (exact) mass is 314 g/mol. The zero-order valence-electron chi connectivity index (χ0n) is 11.6. The van der Waals surface area contributed by atoms with Crippen LogP contribution in [0.15, 0.2) is 30.5 Å². The second kappa shape index (κ2) is 6.08. The van der Waals surface area contributed by atoms with Gasteiger partial charge in [0.1, 0.15) is 12.4 Å². The van der Waals surface area contributed by atoms with Gasteiger partial charge in [0.05, 0.1) is 11.8 Å². The molecule has 8 heteroatoms. The molecule has 1 heterocycles. The van der Waals surface area contributed by atoms with E-state index in [4.69, 9.17) is 9.84 Å². The molecule has 1 aromatic carbocycles. The minimum Gasteiger partial charge on any atom is -0.489 e. The molecule has 22 heavy (non-hydrogen) atoms. The van der Waals surface area contributed by atoms with E-state index in [1.54, 1.807) is 6.92 Å². The Morgan fingerprint density at radius 2 is 2.14 bits per heavy atom. The van der Waals surface area contributed by atoms with Crippen LogP contribution in [0.4, 0.5) is 13.2 Å². The van der Waals surface area contributed by atoms with Crippen LogP contribution >= 0.6 is 0 Å². The van der Waals surface area contributed by atoms with E-state index in [0.29, 0.717) is 12.1 Å². The molecule has 0 bridgehead atoms. The van der Waals surface area contributed by atoms with Crippen molar-refractivity contribution < 1.29 is 27.8 Å². The Balaban J connectivity index is 2.17. The topological polar surface area (TPSA) is 64.4 Å². The van der Waals surface area contributed by atoms with E-state index in [1.165, 1.54) is 23.0 Å². The Kier molecular flexibility index (Phi) is 4.39. The number of carbonyl (C=O) groups is 1. The van der Waals surface area contributed by atoms with Crippen molar-refractivity contribution in [2.24, 2.45) is 0 Å². The van der Waals surface area contributed by atoms with Crippen LogP contribution in [0.2, 0.25) is 0 Å². The van der Waals surface area contributed by atoms with Crippen LogP contribution in [-0.4, -0.2) is 20.9 Å². The highest BCUT2D eigenvalue weighted by atomic mass is 19.4. The van der Waals surface area contributed by atoms with E-state index < -0.39 is 17.7 Å². The largest absolute Gasteiger partial charge is 0.489 e. The number of ether oxygens (including phenoxy) is 1. The maximum atomic E-state index is 12.6. The van der Waals surface area contributed by atoms with Crippen LogP contribution in [0.5, 0.6) is 5.75 Å². The summed E-state index contributed by atoms with van der Waals surface area (Å²) in [6.07, 6.45) is -3.13. The third kappa shape index (κ3) is 3.38. The standard InChI is InChI=1S/C14H13F3N2O3/c1-2-19-12(13(20)21)9(7-18-19)8-22-11-5-3-4-10(6-11)14(15,16)17/h3-7H,2,8H2,1H3,(H,20,21). The van der Waals surface area contributed by atoms with E-state index in [1.807, 2.05) is 0 Å². The zero-order valence-corrected chi connectivity index (χ0v) is 11.6. The van der Waals surface area contributed by atoms with E-state index in [-0.39, 0.29) is 18.1 Å². The van der Waals surface area contributed by atoms with Crippen molar-refractivity contribution in [3.05, 3.63) is 47.3 Å². The number of carboxylic acids is 1. The SMILES string of the molecule is CCn1ncc(COc2cccc(C(F)(F)F)c2)c1C(=O)O. The molecule has 0 aliphatic carbocycles. The minimum absolute atomic E-state index is 0.00964. The van der Waals surface area contributed by atoms with Crippen LogP contribution in [0, 0.1) is 0 Å². The fraction of sp³-hybridized carbons (Fsp3) is 0.286. The van der Waals surface area contributed by atoms with Gasteiger partial charge in [-0.2, -0.15) is 18.3 Å². The molecule has 118 valence electrons. The van der Waals surface area contributed by atoms with Gasteiger partial charge in [0.25, 0.3) is 0 Å². The molecule has 0 saturated carbocycles. The van der Waals surface area contributed by atoms with Gasteiger partial charge in [-0.05, 0) is 25.1 Å². The predicted molar refractivity (Wildman–Crippen MR) is 70.6 cm³/mol. The maximum Gasteiger partial charge on any atom is 0.416 e. The lowest BCUT2D eigenvalue weighted by Gasteiger charge is -2.10. The quantitative estimate of drug-likeness (QED) is 0.920. The summed E-state index contributed by atoms with van der Waals surface area (Å²) in [5.74, 6) is -1.16. The lowest BCUT2D eigenvalue weighted by molar-refractivity contribution is -0.137. The number of aromatic carboxylic acids is 1. The fourth-order valence-corrected chi connectivity index (χ4v) is 1.94. The average molecular weight is 314 g/mol. The second-order valence-electron chi connectivity index (χ2n) is 4.45. The lowest BCUT2D eigenvalue weighted by Crippen LogP contribution is -2.11. The Labute approximate surface area is 123 Å². The number of hydrogen-bond acceptors (Lipinski definition) is 3. The highest BCUT2D eigenvalue weighted by molar-refractivity contribution is 5.87. The summed E-state index contributed by atoms with van der Waals surface area (Å²) < 4.78 is 44.4. The maximum absolute atomic E-state index is 12.6. The minimum atomic E-state index is -4.46. The Hall–Kier alpha value is -2.51. The lowest BCUT2D eigenvalue weighted by atomic mass is 10.2. The molecule has 0 radical (unpaired) electrons. The predicted octanol–water partition coefficient (Wildman–Crippen LogP) is 3.20. The first-order valence-corrected chi connectivity index (χ1v) is 6.41. The van der Waals surface area contributed by atoms with E-state index in [9.17, 15) is 18.0 Å². The number of hydrogen-bond donors (Lipinski definition) is 1. The molecule has 5 nitrogen and oxygen atoms in total. The normalized spacial score (nSPS) is 11.5. The molecule has 0 atom stereocenters. The summed E-state index contributed by atoms with van der Waals surface area (Å²) in [5.41, 5.74) is -0.561. The number of aromatic nitrogens is 2. The molecule has 0 aliphatic rings. The first-order chi connectivity index (χ1) is 10.3. The van der Waals surface area contributed by atoms with Gasteiger partial charge in [-0.1, -0.05) is 6.07 Å². The molecule has 2 aromatic rings. The van der Waals surface area contributed by atoms with Gasteiger partial charge in [-0.15, -0.1) is 0 Å². The van der Waals surface area contributed by atoms with Crippen molar-refractivity contribution in [2.75, 3.05) is 0 Å². The Morgan fingerprint density at radius 3 is 2.73 bits per heavy atom. The number of nitrogens with zero attached hydrogens (tertiary/aromatic N) is 2. The summed E-state index contributed by atoms with van der Waals surface area (Å²) in [5, 5.41) is 13.1. The summed E-state index contributed by atoms with van der Waals surface area (Å²) in [4.78, 5) is 11.2. The molecule has 0 spiro atoms. The van der Waals surface area contributed by atoms with Gasteiger partial charge in [0.2, 0.25) is 0 Å². The highest BCUT2D eigenvalue weighted by Gasteiger charge is 2.30. The Morgan fingerprint density at radius 1 is 1.41 bits per heavy atom. The van der Waals surface area contributed by atoms with Gasteiger partial charge in [0, 0.05) is 12.1 Å². The zero-order chi connectivity index (χ0) is 16.3. The summed E-state index contributed by atoms with van der Waals surface area (Å²) >= 11 is 0.